The Morgan fingerprint density at radius 2 is 1.75 bits per heavy atom. The Hall–Kier alpha value is -2.67. The van der Waals surface area contributed by atoms with Gasteiger partial charge in [-0.25, -0.2) is 14.2 Å². The van der Waals surface area contributed by atoms with Gasteiger partial charge in [-0.1, -0.05) is 12.8 Å². The molecule has 1 saturated carbocycles. The summed E-state index contributed by atoms with van der Waals surface area (Å²) in [5.41, 5.74) is 0.620. The van der Waals surface area contributed by atoms with Crippen LogP contribution in [0.2, 0.25) is 0 Å². The third-order valence-electron chi connectivity index (χ3n) is 5.47. The maximum Gasteiger partial charge on any atom is 0.321 e. The molecule has 2 heterocycles. The van der Waals surface area contributed by atoms with Gasteiger partial charge in [0.25, 0.3) is 0 Å². The van der Waals surface area contributed by atoms with Gasteiger partial charge >= 0.3 is 6.03 Å². The first-order valence-electron chi connectivity index (χ1n) is 9.87. The lowest BCUT2D eigenvalue weighted by atomic mass is 10.2. The van der Waals surface area contributed by atoms with E-state index in [1.54, 1.807) is 18.3 Å². The smallest absolute Gasteiger partial charge is 0.321 e. The number of nitrogens with zero attached hydrogens (tertiary/aromatic N) is 3. The van der Waals surface area contributed by atoms with Gasteiger partial charge in [0.05, 0.1) is 11.9 Å². The molecule has 148 valence electrons. The first kappa shape index (κ1) is 18.7. The number of pyridine rings is 1. The zero-order valence-electron chi connectivity index (χ0n) is 15.8. The zero-order valence-corrected chi connectivity index (χ0v) is 15.8. The molecule has 1 aromatic heterocycles. The Balaban J connectivity index is 1.27. The summed E-state index contributed by atoms with van der Waals surface area (Å²) in [5, 5.41) is 2.90. The summed E-state index contributed by atoms with van der Waals surface area (Å²) in [5.74, 6) is 0.572. The molecular formula is C21H25FN4O2. The average Bonchev–Trinajstić information content (AvgIpc) is 3.26. The maximum atomic E-state index is 12.9. The van der Waals surface area contributed by atoms with E-state index in [0.29, 0.717) is 23.4 Å². The molecule has 28 heavy (non-hydrogen) atoms. The monoisotopic (exact) mass is 384 g/mol. The summed E-state index contributed by atoms with van der Waals surface area (Å²) >= 11 is 0. The number of hydrogen-bond acceptors (Lipinski definition) is 4. The van der Waals surface area contributed by atoms with Gasteiger partial charge in [0.15, 0.2) is 0 Å². The quantitative estimate of drug-likeness (QED) is 0.862. The summed E-state index contributed by atoms with van der Waals surface area (Å²) in [7, 11) is 0. The molecule has 0 radical (unpaired) electrons. The molecule has 7 heteroatoms. The van der Waals surface area contributed by atoms with Crippen LogP contribution in [0, 0.1) is 5.82 Å². The van der Waals surface area contributed by atoms with Gasteiger partial charge in [-0.3, -0.25) is 4.90 Å². The Morgan fingerprint density at radius 3 is 2.39 bits per heavy atom. The van der Waals surface area contributed by atoms with E-state index in [9.17, 15) is 9.18 Å². The van der Waals surface area contributed by atoms with Gasteiger partial charge in [0, 0.05) is 38.3 Å². The second kappa shape index (κ2) is 8.56. The molecule has 1 N–H and O–H groups in total. The highest BCUT2D eigenvalue weighted by Gasteiger charge is 2.27. The normalized spacial score (nSPS) is 18.2. The highest BCUT2D eigenvalue weighted by Crippen LogP contribution is 2.25. The van der Waals surface area contributed by atoms with Crippen LogP contribution in [-0.4, -0.2) is 53.0 Å². The van der Waals surface area contributed by atoms with Crippen molar-refractivity contribution in [3.63, 3.8) is 0 Å². The van der Waals surface area contributed by atoms with Crippen molar-refractivity contribution >= 4 is 11.7 Å². The number of aromatic nitrogens is 1. The van der Waals surface area contributed by atoms with Crippen molar-refractivity contribution in [2.24, 2.45) is 0 Å². The number of piperazine rings is 1. The van der Waals surface area contributed by atoms with E-state index in [2.05, 4.69) is 15.2 Å². The van der Waals surface area contributed by atoms with E-state index >= 15 is 0 Å². The van der Waals surface area contributed by atoms with Crippen molar-refractivity contribution in [3.8, 4) is 11.6 Å². The van der Waals surface area contributed by atoms with Crippen molar-refractivity contribution in [3.05, 3.63) is 48.4 Å². The molecule has 0 unspecified atom stereocenters. The first-order valence-corrected chi connectivity index (χ1v) is 9.87. The first-order chi connectivity index (χ1) is 13.7. The standard InChI is InChI=1S/C21H25FN4O2/c22-16-5-8-19(9-6-16)28-20-10-7-17(15-23-20)24-21(27)26-13-11-25(12-14-26)18-3-1-2-4-18/h5-10,15,18H,1-4,11-14H2,(H,24,27). The van der Waals surface area contributed by atoms with E-state index in [-0.39, 0.29) is 11.8 Å². The molecule has 6 nitrogen and oxygen atoms in total. The second-order valence-corrected chi connectivity index (χ2v) is 7.33. The summed E-state index contributed by atoms with van der Waals surface area (Å²) in [6.45, 7) is 3.39. The van der Waals surface area contributed by atoms with E-state index in [4.69, 9.17) is 4.74 Å². The number of amides is 2. The van der Waals surface area contributed by atoms with Crippen LogP contribution in [0.15, 0.2) is 42.6 Å². The minimum Gasteiger partial charge on any atom is -0.439 e. The fraction of sp³-hybridized carbons (Fsp3) is 0.429. The number of rotatable bonds is 4. The zero-order chi connectivity index (χ0) is 19.3. The van der Waals surface area contributed by atoms with Crippen LogP contribution in [0.25, 0.3) is 0 Å². The SMILES string of the molecule is O=C(Nc1ccc(Oc2ccc(F)cc2)nc1)N1CCN(C2CCCC2)CC1. The lowest BCUT2D eigenvalue weighted by Gasteiger charge is -2.37. The number of carbonyl (C=O) groups excluding carboxylic acids is 1. The topological polar surface area (TPSA) is 57.7 Å². The molecule has 1 aromatic carbocycles. The highest BCUT2D eigenvalue weighted by molar-refractivity contribution is 5.89. The largest absolute Gasteiger partial charge is 0.439 e. The van der Waals surface area contributed by atoms with Gasteiger partial charge in [-0.2, -0.15) is 0 Å². The molecule has 0 spiro atoms. The summed E-state index contributed by atoms with van der Waals surface area (Å²) in [4.78, 5) is 21.1. The van der Waals surface area contributed by atoms with Crippen LogP contribution >= 0.6 is 0 Å². The molecule has 4 rings (SSSR count). The molecule has 0 atom stereocenters. The molecule has 2 aromatic rings. The van der Waals surface area contributed by atoms with Crippen molar-refractivity contribution in [1.29, 1.82) is 0 Å². The molecule has 1 aliphatic carbocycles. The predicted octanol–water partition coefficient (Wildman–Crippen LogP) is 4.11. The van der Waals surface area contributed by atoms with Crippen LogP contribution in [0.4, 0.5) is 14.9 Å². The summed E-state index contributed by atoms with van der Waals surface area (Å²) < 4.78 is 18.5. The minimum atomic E-state index is -0.317. The number of ether oxygens (including phenoxy) is 1. The lowest BCUT2D eigenvalue weighted by molar-refractivity contribution is 0.115. The molecular weight excluding hydrogens is 359 g/mol. The summed E-state index contributed by atoms with van der Waals surface area (Å²) in [6.07, 6.45) is 6.82. The van der Waals surface area contributed by atoms with Crippen LogP contribution in [0.3, 0.4) is 0 Å². The van der Waals surface area contributed by atoms with Crippen LogP contribution in [0.1, 0.15) is 25.7 Å². The molecule has 0 bridgehead atoms. The number of nitrogens with one attached hydrogen (secondary N) is 1. The number of carbonyl (C=O) groups is 1. The molecule has 2 aliphatic rings. The molecule has 1 saturated heterocycles. The minimum absolute atomic E-state index is 0.0972. The number of benzene rings is 1. The van der Waals surface area contributed by atoms with Gasteiger partial charge in [0.2, 0.25) is 5.88 Å². The number of urea groups is 1. The van der Waals surface area contributed by atoms with Gasteiger partial charge < -0.3 is 15.0 Å². The number of halogens is 1. The summed E-state index contributed by atoms with van der Waals surface area (Å²) in [6, 6.07) is 9.78. The molecule has 2 amide bonds. The Morgan fingerprint density at radius 1 is 1.04 bits per heavy atom. The number of anilines is 1. The van der Waals surface area contributed by atoms with Crippen LogP contribution in [-0.2, 0) is 0 Å². The third-order valence-corrected chi connectivity index (χ3v) is 5.47. The van der Waals surface area contributed by atoms with Crippen LogP contribution < -0.4 is 10.1 Å². The molecule has 2 fully saturated rings. The van der Waals surface area contributed by atoms with Crippen molar-refractivity contribution in [1.82, 2.24) is 14.8 Å². The average molecular weight is 384 g/mol. The van der Waals surface area contributed by atoms with E-state index in [1.807, 2.05) is 4.90 Å². The van der Waals surface area contributed by atoms with E-state index in [0.717, 1.165) is 26.2 Å². The van der Waals surface area contributed by atoms with E-state index in [1.165, 1.54) is 49.9 Å². The second-order valence-electron chi connectivity index (χ2n) is 7.33. The van der Waals surface area contributed by atoms with Crippen LogP contribution in [0.5, 0.6) is 11.6 Å². The van der Waals surface area contributed by atoms with Gasteiger partial charge in [-0.05, 0) is 43.2 Å². The predicted molar refractivity (Wildman–Crippen MR) is 105 cm³/mol. The highest BCUT2D eigenvalue weighted by atomic mass is 19.1. The van der Waals surface area contributed by atoms with Crippen molar-refractivity contribution in [2.45, 2.75) is 31.7 Å². The fourth-order valence-corrected chi connectivity index (χ4v) is 3.90. The Kier molecular flexibility index (Phi) is 5.71. The molecule has 1 aliphatic heterocycles. The maximum absolute atomic E-state index is 12.9. The Labute approximate surface area is 164 Å². The van der Waals surface area contributed by atoms with Gasteiger partial charge in [-0.15, -0.1) is 0 Å². The lowest BCUT2D eigenvalue weighted by Crippen LogP contribution is -2.52. The van der Waals surface area contributed by atoms with Crippen molar-refractivity contribution < 1.29 is 13.9 Å². The Bertz CT molecular complexity index is 783. The number of hydrogen-bond donors (Lipinski definition) is 1. The third kappa shape index (κ3) is 4.59. The van der Waals surface area contributed by atoms with E-state index < -0.39 is 0 Å². The van der Waals surface area contributed by atoms with Crippen molar-refractivity contribution in [2.75, 3.05) is 31.5 Å². The fourth-order valence-electron chi connectivity index (χ4n) is 3.90. The van der Waals surface area contributed by atoms with Gasteiger partial charge in [0.1, 0.15) is 11.6 Å².